The van der Waals surface area contributed by atoms with Gasteiger partial charge in [-0.2, -0.15) is 0 Å². The summed E-state index contributed by atoms with van der Waals surface area (Å²) in [5.74, 6) is 0.669. The third kappa shape index (κ3) is 4.04. The first kappa shape index (κ1) is 20.0. The van der Waals surface area contributed by atoms with Gasteiger partial charge in [0.25, 0.3) is 0 Å². The van der Waals surface area contributed by atoms with Crippen molar-refractivity contribution in [3.8, 4) is 11.3 Å². The summed E-state index contributed by atoms with van der Waals surface area (Å²) in [5.41, 5.74) is 1.58. The lowest BCUT2D eigenvalue weighted by Gasteiger charge is -2.25. The van der Waals surface area contributed by atoms with Crippen LogP contribution in [0.25, 0.3) is 11.3 Å². The molecule has 0 amide bonds. The zero-order valence-corrected chi connectivity index (χ0v) is 17.1. The number of rotatable bonds is 6. The maximum absolute atomic E-state index is 13.3. The molecule has 3 aromatic rings. The van der Waals surface area contributed by atoms with Crippen LogP contribution in [0.1, 0.15) is 30.0 Å². The number of aromatic nitrogens is 1. The molecule has 8 heteroatoms. The lowest BCUT2D eigenvalue weighted by Crippen LogP contribution is -2.31. The van der Waals surface area contributed by atoms with Gasteiger partial charge < -0.3 is 19.4 Å². The highest BCUT2D eigenvalue weighted by atomic mass is 32.1. The molecule has 154 valence electrons. The van der Waals surface area contributed by atoms with Gasteiger partial charge in [0.2, 0.25) is 0 Å². The van der Waals surface area contributed by atoms with E-state index < -0.39 is 0 Å². The summed E-state index contributed by atoms with van der Waals surface area (Å²) in [6, 6.07) is 15.0. The number of furan rings is 1. The Morgan fingerprint density at radius 2 is 2.03 bits per heavy atom. The number of hydrogen-bond acceptors (Lipinski definition) is 5. The van der Waals surface area contributed by atoms with Crippen LogP contribution in [0.15, 0.2) is 65.2 Å². The van der Waals surface area contributed by atoms with Crippen LogP contribution in [-0.2, 0) is 9.53 Å². The third-order valence-corrected chi connectivity index (χ3v) is 5.38. The van der Waals surface area contributed by atoms with Crippen LogP contribution in [0.4, 0.5) is 4.39 Å². The number of ether oxygens (including phenoxy) is 1. The molecular formula is C22H20FN3O3S. The molecule has 0 radical (unpaired) electrons. The topological polar surface area (TPSA) is 67.6 Å². The van der Waals surface area contributed by atoms with Crippen LogP contribution in [-0.4, -0.2) is 34.6 Å². The minimum atomic E-state index is -0.315. The maximum Gasteiger partial charge on any atom is 0.307 e. The van der Waals surface area contributed by atoms with Crippen LogP contribution < -0.4 is 5.32 Å². The molecule has 0 unspecified atom stereocenters. The second-order valence-electron chi connectivity index (χ2n) is 6.86. The number of methoxy groups -OCH3 is 1. The molecule has 1 aliphatic rings. The van der Waals surface area contributed by atoms with Crippen LogP contribution in [0.3, 0.4) is 0 Å². The average Bonchev–Trinajstić information content (AvgIpc) is 3.37. The Hall–Kier alpha value is -3.26. The van der Waals surface area contributed by atoms with E-state index in [1.54, 1.807) is 18.3 Å². The van der Waals surface area contributed by atoms with Crippen molar-refractivity contribution in [2.45, 2.75) is 18.5 Å². The largest absolute Gasteiger partial charge is 0.469 e. The minimum Gasteiger partial charge on any atom is -0.469 e. The average molecular weight is 425 g/mol. The van der Waals surface area contributed by atoms with Gasteiger partial charge >= 0.3 is 5.97 Å². The molecule has 0 spiro atoms. The Morgan fingerprint density at radius 3 is 2.73 bits per heavy atom. The number of hydrogen-bond donors (Lipinski definition) is 1. The number of esters is 1. The smallest absolute Gasteiger partial charge is 0.307 e. The molecule has 0 aliphatic carbocycles. The fourth-order valence-corrected chi connectivity index (χ4v) is 3.88. The highest BCUT2D eigenvalue weighted by Gasteiger charge is 2.41. The summed E-state index contributed by atoms with van der Waals surface area (Å²) in [6.07, 6.45) is 1.91. The molecule has 1 fully saturated rings. The van der Waals surface area contributed by atoms with Gasteiger partial charge in [0.15, 0.2) is 5.11 Å². The first-order valence-electron chi connectivity index (χ1n) is 9.47. The summed E-state index contributed by atoms with van der Waals surface area (Å²) in [4.78, 5) is 18.1. The normalized spacial score (nSPS) is 18.3. The first-order chi connectivity index (χ1) is 14.6. The van der Waals surface area contributed by atoms with Gasteiger partial charge in [-0.05, 0) is 60.7 Å². The van der Waals surface area contributed by atoms with E-state index in [1.165, 1.54) is 19.2 Å². The van der Waals surface area contributed by atoms with E-state index in [0.717, 1.165) is 11.3 Å². The molecule has 1 N–H and O–H groups in total. The van der Waals surface area contributed by atoms with Crippen molar-refractivity contribution in [3.05, 3.63) is 78.1 Å². The summed E-state index contributed by atoms with van der Waals surface area (Å²) >= 11 is 5.55. The van der Waals surface area contributed by atoms with Gasteiger partial charge in [0.1, 0.15) is 23.4 Å². The van der Waals surface area contributed by atoms with E-state index in [1.807, 2.05) is 35.2 Å². The number of nitrogens with zero attached hydrogens (tertiary/aromatic N) is 2. The number of carbonyl (C=O) groups is 1. The quantitative estimate of drug-likeness (QED) is 0.473. The molecular weight excluding hydrogens is 405 g/mol. The second-order valence-corrected chi connectivity index (χ2v) is 7.24. The van der Waals surface area contributed by atoms with Crippen LogP contribution in [0, 0.1) is 5.82 Å². The second kappa shape index (κ2) is 8.62. The summed E-state index contributed by atoms with van der Waals surface area (Å²) in [6.45, 7) is 0.374. The van der Waals surface area contributed by atoms with E-state index in [0.29, 0.717) is 23.2 Å². The summed E-state index contributed by atoms with van der Waals surface area (Å²) < 4.78 is 24.2. The molecule has 2 atom stereocenters. The van der Waals surface area contributed by atoms with Crippen LogP contribution in [0.2, 0.25) is 0 Å². The van der Waals surface area contributed by atoms with Crippen molar-refractivity contribution >= 4 is 23.3 Å². The van der Waals surface area contributed by atoms with Crippen molar-refractivity contribution in [2.24, 2.45) is 0 Å². The molecule has 0 bridgehead atoms. The SMILES string of the molecule is COC(=O)CCN1C(=S)N[C@@H](c2ccccn2)[C@@H]1c1ccc(-c2ccc(F)cc2)o1. The zero-order chi connectivity index (χ0) is 21.1. The number of thiocarbonyl (C=S) groups is 1. The fourth-order valence-electron chi connectivity index (χ4n) is 3.55. The Kier molecular flexibility index (Phi) is 5.76. The molecule has 6 nitrogen and oxygen atoms in total. The predicted octanol–water partition coefficient (Wildman–Crippen LogP) is 4.02. The minimum absolute atomic E-state index is 0.190. The predicted molar refractivity (Wildman–Crippen MR) is 113 cm³/mol. The van der Waals surface area contributed by atoms with E-state index >= 15 is 0 Å². The Morgan fingerprint density at radius 1 is 1.23 bits per heavy atom. The molecule has 30 heavy (non-hydrogen) atoms. The Bertz CT molecular complexity index is 1040. The van der Waals surface area contributed by atoms with Crippen molar-refractivity contribution in [1.82, 2.24) is 15.2 Å². The highest BCUT2D eigenvalue weighted by Crippen LogP contribution is 2.40. The standard InChI is InChI=1S/C22H20FN3O3S/c1-28-19(27)11-13-26-21(20(25-22(26)30)16-4-2-3-12-24-16)18-10-9-17(29-18)14-5-7-15(23)8-6-14/h2-10,12,20-21H,11,13H2,1H3,(H,25,30)/t20-,21-/m0/s1. The third-order valence-electron chi connectivity index (χ3n) is 5.03. The van der Waals surface area contributed by atoms with E-state index in [-0.39, 0.29) is 30.3 Å². The molecule has 4 rings (SSSR count). The number of carbonyl (C=O) groups excluding carboxylic acids is 1. The van der Waals surface area contributed by atoms with Crippen molar-refractivity contribution in [1.29, 1.82) is 0 Å². The lowest BCUT2D eigenvalue weighted by atomic mass is 10.0. The monoisotopic (exact) mass is 425 g/mol. The van der Waals surface area contributed by atoms with Gasteiger partial charge in [-0.15, -0.1) is 0 Å². The van der Waals surface area contributed by atoms with Crippen molar-refractivity contribution < 1.29 is 18.3 Å². The molecule has 1 aromatic carbocycles. The van der Waals surface area contributed by atoms with Crippen LogP contribution >= 0.6 is 12.2 Å². The van der Waals surface area contributed by atoms with E-state index in [2.05, 4.69) is 10.3 Å². The summed E-state index contributed by atoms with van der Waals surface area (Å²) in [7, 11) is 1.36. The van der Waals surface area contributed by atoms with Crippen molar-refractivity contribution in [2.75, 3.05) is 13.7 Å². The lowest BCUT2D eigenvalue weighted by molar-refractivity contribution is -0.140. The first-order valence-corrected chi connectivity index (χ1v) is 9.88. The Labute approximate surface area is 178 Å². The van der Waals surface area contributed by atoms with Crippen LogP contribution in [0.5, 0.6) is 0 Å². The van der Waals surface area contributed by atoms with E-state index in [4.69, 9.17) is 21.4 Å². The molecule has 3 heterocycles. The summed E-state index contributed by atoms with van der Waals surface area (Å²) in [5, 5.41) is 3.81. The molecule has 2 aromatic heterocycles. The molecule has 1 saturated heterocycles. The van der Waals surface area contributed by atoms with Gasteiger partial charge in [0.05, 0.1) is 25.3 Å². The number of pyridine rings is 1. The zero-order valence-electron chi connectivity index (χ0n) is 16.2. The van der Waals surface area contributed by atoms with Gasteiger partial charge in [-0.3, -0.25) is 9.78 Å². The number of benzene rings is 1. The van der Waals surface area contributed by atoms with Crippen molar-refractivity contribution in [3.63, 3.8) is 0 Å². The number of nitrogens with one attached hydrogen (secondary N) is 1. The fraction of sp³-hybridized carbons (Fsp3) is 0.227. The maximum atomic E-state index is 13.3. The number of halogens is 1. The van der Waals surface area contributed by atoms with Gasteiger partial charge in [-0.25, -0.2) is 4.39 Å². The molecule has 1 aliphatic heterocycles. The highest BCUT2D eigenvalue weighted by molar-refractivity contribution is 7.80. The molecule has 0 saturated carbocycles. The van der Waals surface area contributed by atoms with E-state index in [9.17, 15) is 9.18 Å². The Balaban J connectivity index is 1.68. The van der Waals surface area contributed by atoms with Gasteiger partial charge in [0, 0.05) is 18.3 Å². The van der Waals surface area contributed by atoms with Gasteiger partial charge in [-0.1, -0.05) is 6.07 Å².